The molecule has 0 aromatic heterocycles. The second-order valence-corrected chi connectivity index (χ2v) is 4.70. The number of aryl methyl sites for hydroxylation is 1. The summed E-state index contributed by atoms with van der Waals surface area (Å²) < 4.78 is 0. The number of nitrogen functional groups attached to an aromatic ring is 1. The van der Waals surface area contributed by atoms with Gasteiger partial charge in [0.2, 0.25) is 0 Å². The van der Waals surface area contributed by atoms with Gasteiger partial charge in [0, 0.05) is 11.8 Å². The molecule has 0 aliphatic heterocycles. The van der Waals surface area contributed by atoms with Crippen LogP contribution in [-0.2, 0) is 0 Å². The van der Waals surface area contributed by atoms with Crippen molar-refractivity contribution in [1.82, 2.24) is 0 Å². The summed E-state index contributed by atoms with van der Waals surface area (Å²) in [5.74, 6) is -2.25. The first-order valence-electron chi connectivity index (χ1n) is 6.04. The molecule has 0 aliphatic carbocycles. The van der Waals surface area contributed by atoms with Crippen LogP contribution in [0.25, 0.3) is 0 Å². The van der Waals surface area contributed by atoms with Gasteiger partial charge >= 0.3 is 11.9 Å². The molecule has 7 heteroatoms. The molecular formula is C15H14ClNO5. The summed E-state index contributed by atoms with van der Waals surface area (Å²) in [7, 11) is 0. The van der Waals surface area contributed by atoms with Crippen molar-refractivity contribution in [2.45, 2.75) is 6.92 Å². The van der Waals surface area contributed by atoms with Crippen molar-refractivity contribution in [3.8, 4) is 5.75 Å². The summed E-state index contributed by atoms with van der Waals surface area (Å²) in [5.41, 5.74) is 5.96. The molecule has 2 aromatic carbocycles. The minimum atomic E-state index is -1.24. The molecule has 22 heavy (non-hydrogen) atoms. The van der Waals surface area contributed by atoms with Crippen molar-refractivity contribution in [2.75, 3.05) is 5.73 Å². The molecule has 0 atom stereocenters. The quantitative estimate of drug-likeness (QED) is 0.630. The highest BCUT2D eigenvalue weighted by Crippen LogP contribution is 2.24. The Bertz CT molecular complexity index is 698. The van der Waals surface area contributed by atoms with Gasteiger partial charge < -0.3 is 21.1 Å². The van der Waals surface area contributed by atoms with Crippen molar-refractivity contribution in [3.63, 3.8) is 0 Å². The van der Waals surface area contributed by atoms with Crippen molar-refractivity contribution in [3.05, 3.63) is 58.1 Å². The van der Waals surface area contributed by atoms with Crippen LogP contribution in [0.1, 0.15) is 26.3 Å². The summed E-state index contributed by atoms with van der Waals surface area (Å²) in [6.45, 7) is 1.56. The Morgan fingerprint density at radius 3 is 2.14 bits per heavy atom. The largest absolute Gasteiger partial charge is 0.508 e. The maximum Gasteiger partial charge on any atom is 0.337 e. The SMILES string of the molecule is Cc1ccc(C(=O)O)c(Cl)c1C(=O)O.Nc1cccc(O)c1. The zero-order valence-electron chi connectivity index (χ0n) is 11.6. The summed E-state index contributed by atoms with van der Waals surface area (Å²) in [4.78, 5) is 21.4. The van der Waals surface area contributed by atoms with Gasteiger partial charge in [0.15, 0.2) is 0 Å². The number of phenolic OH excluding ortho intramolecular Hbond substituents is 1. The molecule has 5 N–H and O–H groups in total. The number of carboxylic acid groups (broad SMARTS) is 2. The van der Waals surface area contributed by atoms with E-state index in [0.717, 1.165) is 0 Å². The molecule has 2 aromatic rings. The first-order valence-corrected chi connectivity index (χ1v) is 6.42. The number of aromatic hydroxyl groups is 1. The van der Waals surface area contributed by atoms with E-state index in [9.17, 15) is 9.59 Å². The van der Waals surface area contributed by atoms with E-state index in [0.29, 0.717) is 11.3 Å². The van der Waals surface area contributed by atoms with Gasteiger partial charge in [-0.1, -0.05) is 23.7 Å². The maximum atomic E-state index is 10.7. The lowest BCUT2D eigenvalue weighted by Gasteiger charge is -2.05. The molecular weight excluding hydrogens is 310 g/mol. The Morgan fingerprint density at radius 1 is 1.09 bits per heavy atom. The van der Waals surface area contributed by atoms with Crippen LogP contribution in [0.3, 0.4) is 0 Å². The topological polar surface area (TPSA) is 121 Å². The Labute approximate surface area is 131 Å². The number of carboxylic acids is 2. The van der Waals surface area contributed by atoms with Crippen LogP contribution in [-0.4, -0.2) is 27.3 Å². The van der Waals surface area contributed by atoms with Crippen LogP contribution in [0.15, 0.2) is 36.4 Å². The third kappa shape index (κ3) is 4.39. The molecule has 0 spiro atoms. The first-order chi connectivity index (χ1) is 10.2. The molecule has 116 valence electrons. The predicted molar refractivity (Wildman–Crippen MR) is 82.6 cm³/mol. The highest BCUT2D eigenvalue weighted by Gasteiger charge is 2.18. The summed E-state index contributed by atoms with van der Waals surface area (Å²) >= 11 is 5.64. The van der Waals surface area contributed by atoms with Crippen LogP contribution in [0.4, 0.5) is 5.69 Å². The monoisotopic (exact) mass is 323 g/mol. The standard InChI is InChI=1S/C9H7ClO4.C6H7NO/c1-4-2-3-5(8(11)12)7(10)6(4)9(13)14;7-5-2-1-3-6(8)4-5/h2-3H,1H3,(H,11,12)(H,13,14);1-4,8H,7H2. The highest BCUT2D eigenvalue weighted by atomic mass is 35.5. The molecule has 0 unspecified atom stereocenters. The van der Waals surface area contributed by atoms with Crippen LogP contribution in [0, 0.1) is 6.92 Å². The van der Waals surface area contributed by atoms with Gasteiger partial charge in [0.05, 0.1) is 16.1 Å². The number of nitrogens with two attached hydrogens (primary N) is 1. The molecule has 0 aliphatic rings. The van der Waals surface area contributed by atoms with E-state index in [1.54, 1.807) is 25.1 Å². The lowest BCUT2D eigenvalue weighted by Crippen LogP contribution is -2.06. The average Bonchev–Trinajstić information content (AvgIpc) is 2.38. The fourth-order valence-corrected chi connectivity index (χ4v) is 2.00. The van der Waals surface area contributed by atoms with Gasteiger partial charge in [-0.05, 0) is 30.7 Å². The van der Waals surface area contributed by atoms with E-state index in [2.05, 4.69) is 0 Å². The molecule has 0 bridgehead atoms. The van der Waals surface area contributed by atoms with Crippen LogP contribution >= 0.6 is 11.6 Å². The average molecular weight is 324 g/mol. The molecule has 0 amide bonds. The minimum absolute atomic E-state index is 0.161. The maximum absolute atomic E-state index is 10.7. The fraction of sp³-hybridized carbons (Fsp3) is 0.0667. The van der Waals surface area contributed by atoms with Gasteiger partial charge in [-0.25, -0.2) is 9.59 Å². The van der Waals surface area contributed by atoms with Crippen LogP contribution < -0.4 is 5.73 Å². The Balaban J connectivity index is 0.000000255. The summed E-state index contributed by atoms with van der Waals surface area (Å²) in [5, 5.41) is 26.0. The first kappa shape index (κ1) is 17.3. The second kappa shape index (κ2) is 7.33. The van der Waals surface area contributed by atoms with Crippen molar-refractivity contribution >= 4 is 29.2 Å². The number of hydrogen-bond donors (Lipinski definition) is 4. The number of phenols is 1. The molecule has 0 saturated heterocycles. The molecule has 0 saturated carbocycles. The number of anilines is 1. The van der Waals surface area contributed by atoms with Crippen molar-refractivity contribution in [1.29, 1.82) is 0 Å². The van der Waals surface area contributed by atoms with E-state index in [1.807, 2.05) is 0 Å². The summed E-state index contributed by atoms with van der Waals surface area (Å²) in [6, 6.07) is 9.20. The van der Waals surface area contributed by atoms with Crippen LogP contribution in [0.5, 0.6) is 5.75 Å². The molecule has 0 heterocycles. The number of carbonyl (C=O) groups is 2. The van der Waals surface area contributed by atoms with Gasteiger partial charge in [0.25, 0.3) is 0 Å². The van der Waals surface area contributed by atoms with Gasteiger partial charge in [0.1, 0.15) is 5.75 Å². The van der Waals surface area contributed by atoms with E-state index < -0.39 is 11.9 Å². The Morgan fingerprint density at radius 2 is 1.73 bits per heavy atom. The lowest BCUT2D eigenvalue weighted by atomic mass is 10.1. The third-order valence-electron chi connectivity index (χ3n) is 2.66. The highest BCUT2D eigenvalue weighted by molar-refractivity contribution is 6.36. The van der Waals surface area contributed by atoms with Crippen LogP contribution in [0.2, 0.25) is 5.02 Å². The smallest absolute Gasteiger partial charge is 0.337 e. The molecule has 0 radical (unpaired) electrons. The number of benzene rings is 2. The van der Waals surface area contributed by atoms with E-state index in [4.69, 9.17) is 32.7 Å². The van der Waals surface area contributed by atoms with Crippen molar-refractivity contribution < 1.29 is 24.9 Å². The van der Waals surface area contributed by atoms with E-state index in [-0.39, 0.29) is 21.9 Å². The number of halogens is 1. The minimum Gasteiger partial charge on any atom is -0.508 e. The molecule has 0 fully saturated rings. The summed E-state index contributed by atoms with van der Waals surface area (Å²) in [6.07, 6.45) is 0. The Kier molecular flexibility index (Phi) is 5.77. The van der Waals surface area contributed by atoms with E-state index >= 15 is 0 Å². The van der Waals surface area contributed by atoms with Gasteiger partial charge in [-0.2, -0.15) is 0 Å². The molecule has 6 nitrogen and oxygen atoms in total. The van der Waals surface area contributed by atoms with Crippen molar-refractivity contribution in [2.24, 2.45) is 0 Å². The third-order valence-corrected chi connectivity index (χ3v) is 3.06. The number of hydrogen-bond acceptors (Lipinski definition) is 4. The lowest BCUT2D eigenvalue weighted by molar-refractivity contribution is 0.0695. The van der Waals surface area contributed by atoms with E-state index in [1.165, 1.54) is 18.2 Å². The second-order valence-electron chi connectivity index (χ2n) is 4.32. The predicted octanol–water partition coefficient (Wildman–Crippen LogP) is 3.02. The normalized spacial score (nSPS) is 9.55. The van der Waals surface area contributed by atoms with Gasteiger partial charge in [-0.15, -0.1) is 0 Å². The van der Waals surface area contributed by atoms with Gasteiger partial charge in [-0.3, -0.25) is 0 Å². The number of aromatic carboxylic acids is 2. The molecule has 2 rings (SSSR count). The zero-order valence-corrected chi connectivity index (χ0v) is 12.3. The number of rotatable bonds is 2. The fourth-order valence-electron chi connectivity index (χ4n) is 1.63. The zero-order chi connectivity index (χ0) is 16.9. The Hall–Kier alpha value is -2.73.